The van der Waals surface area contributed by atoms with Gasteiger partial charge in [0.15, 0.2) is 0 Å². The molecule has 4 aliphatic rings. The molecular weight excluding hydrogens is 1490 g/mol. The van der Waals surface area contributed by atoms with Crippen molar-refractivity contribution in [3.8, 4) is 0 Å². The van der Waals surface area contributed by atoms with Crippen molar-refractivity contribution in [1.29, 1.82) is 0 Å². The summed E-state index contributed by atoms with van der Waals surface area (Å²) in [5.74, 6) is -8.56. The third-order valence-corrected chi connectivity index (χ3v) is 21.5. The Bertz CT molecular complexity index is 3320. The third kappa shape index (κ3) is 33.5. The second-order valence-corrected chi connectivity index (χ2v) is 30.1. The van der Waals surface area contributed by atoms with Crippen LogP contribution in [0.5, 0.6) is 0 Å². The number of carboxylic acids is 2. The normalized spacial score (nSPS) is 21.1. The molecule has 0 spiro atoms. The second kappa shape index (κ2) is 52.3. The van der Waals surface area contributed by atoms with Gasteiger partial charge in [-0.15, -0.1) is 0 Å². The number of nitrogens with two attached hydrogens (primary N) is 2. The first-order valence-electron chi connectivity index (χ1n) is 39.2. The Balaban J connectivity index is 0.976. The highest BCUT2D eigenvalue weighted by molar-refractivity contribution is 7.98. The largest absolute Gasteiger partial charge is 0.481 e. The van der Waals surface area contributed by atoms with Crippen LogP contribution >= 0.6 is 23.5 Å². The van der Waals surface area contributed by atoms with Crippen molar-refractivity contribution in [2.24, 2.45) is 17.4 Å². The fourth-order valence-corrected chi connectivity index (χ4v) is 15.1. The molecule has 2 bridgehead atoms. The highest BCUT2D eigenvalue weighted by atomic mass is 32.2. The maximum absolute atomic E-state index is 15.1. The summed E-state index contributed by atoms with van der Waals surface area (Å²) in [6.07, 6.45) is 5.40. The SMILES string of the molecule is CCCC[C@H](NC(=O)CCC(=O)NCCCOCCOCCOCCCNC(=O)CN1CCN(C(=O)C(CNCCN)CNCCN)CC1)C(=O)N[C@H]1CSCc2cncc(c2)CSC[C@@H](C(=O)O)NC(=O)[C@H](Cc2ccccc2)NC(=O)[C@H](CCC(=O)O)NC(=O)[C@H](CC)NC(=O)[C@@H]2CCCN2C(=O)[C@@H]2CCCN2C1=O. The van der Waals surface area contributed by atoms with Crippen molar-refractivity contribution >= 4 is 100 Å². The van der Waals surface area contributed by atoms with Crippen LogP contribution in [0, 0.1) is 5.92 Å². The van der Waals surface area contributed by atoms with Crippen LogP contribution in [0.25, 0.3) is 0 Å². The van der Waals surface area contributed by atoms with E-state index in [1.54, 1.807) is 49.6 Å². The lowest BCUT2D eigenvalue weighted by molar-refractivity contribution is -0.148. The number of carbonyl (C=O) groups is 13. The van der Waals surface area contributed by atoms with Gasteiger partial charge in [0.1, 0.15) is 48.3 Å². The maximum Gasteiger partial charge on any atom is 0.327 e. The van der Waals surface area contributed by atoms with Crippen LogP contribution in [0.2, 0.25) is 0 Å². The molecule has 3 saturated heterocycles. The highest BCUT2D eigenvalue weighted by Crippen LogP contribution is 2.28. The summed E-state index contributed by atoms with van der Waals surface area (Å²) >= 11 is 2.48. The highest BCUT2D eigenvalue weighted by Gasteiger charge is 2.45. The van der Waals surface area contributed by atoms with Crippen molar-refractivity contribution in [1.82, 2.24) is 77.8 Å². The molecule has 2 aromatic rings. The summed E-state index contributed by atoms with van der Waals surface area (Å²) < 4.78 is 16.9. The number of hydrogen-bond donors (Lipinski definition) is 14. The van der Waals surface area contributed by atoms with Gasteiger partial charge in [0.2, 0.25) is 65.0 Å². The number of fused-ring (bicyclic) bond motifs is 4. The van der Waals surface area contributed by atoms with Gasteiger partial charge in [-0.3, -0.25) is 67.4 Å². The average molecular weight is 1610 g/mol. The molecule has 0 radical (unpaired) electrons. The number of ether oxygens (including phenoxy) is 3. The van der Waals surface area contributed by atoms with Crippen LogP contribution in [-0.2, 0) is 94.5 Å². The topological polar surface area (TPSA) is 488 Å². The van der Waals surface area contributed by atoms with E-state index in [0.717, 1.165) is 0 Å². The van der Waals surface area contributed by atoms with Crippen molar-refractivity contribution in [3.63, 3.8) is 0 Å². The first-order chi connectivity index (χ1) is 54.1. The van der Waals surface area contributed by atoms with Crippen LogP contribution in [-0.4, -0.2) is 309 Å². The molecule has 0 unspecified atom stereocenters. The van der Waals surface area contributed by atoms with E-state index >= 15 is 4.79 Å². The molecule has 4 aliphatic heterocycles. The molecule has 6 rings (SSSR count). The zero-order valence-electron chi connectivity index (χ0n) is 64.7. The number of benzene rings is 1. The quantitative estimate of drug-likeness (QED) is 0.0319. The first kappa shape index (κ1) is 92.7. The number of nitrogens with one attached hydrogen (secondary N) is 10. The number of thioether (sulfide) groups is 2. The number of unbranched alkanes of at least 4 members (excludes halogenated alkanes) is 1. The van der Waals surface area contributed by atoms with Gasteiger partial charge < -0.3 is 104 Å². The van der Waals surface area contributed by atoms with E-state index in [1.807, 2.05) is 22.8 Å². The summed E-state index contributed by atoms with van der Waals surface area (Å²) in [6, 6.07) is 0.239. The third-order valence-electron chi connectivity index (χ3n) is 19.3. The van der Waals surface area contributed by atoms with E-state index in [4.69, 9.17) is 25.7 Å². The van der Waals surface area contributed by atoms with Crippen molar-refractivity contribution in [2.45, 2.75) is 170 Å². The smallest absolute Gasteiger partial charge is 0.327 e. The average Bonchev–Trinajstić information content (AvgIpc) is 1.64. The fraction of sp³-hybridized carbons (Fsp3) is 0.680. The zero-order valence-corrected chi connectivity index (χ0v) is 66.4. The van der Waals surface area contributed by atoms with Gasteiger partial charge in [-0.1, -0.05) is 63.1 Å². The summed E-state index contributed by atoms with van der Waals surface area (Å²) in [6.45, 7) is 12.5. The molecule has 1 aromatic carbocycles. The first-order valence-corrected chi connectivity index (χ1v) is 41.5. The van der Waals surface area contributed by atoms with Gasteiger partial charge in [-0.25, -0.2) is 4.79 Å². The minimum absolute atomic E-state index is 0.00492. The zero-order chi connectivity index (χ0) is 81.0. The van der Waals surface area contributed by atoms with Crippen molar-refractivity contribution in [3.05, 3.63) is 65.5 Å². The van der Waals surface area contributed by atoms with Gasteiger partial charge in [0.25, 0.3) is 0 Å². The Morgan fingerprint density at radius 3 is 1.79 bits per heavy atom. The Kier molecular flexibility index (Phi) is 43.3. The second-order valence-electron chi connectivity index (χ2n) is 28.1. The van der Waals surface area contributed by atoms with Crippen LogP contribution in [0.1, 0.15) is 120 Å². The maximum atomic E-state index is 15.1. The molecule has 5 heterocycles. The van der Waals surface area contributed by atoms with Crippen molar-refractivity contribution < 1.29 is 86.8 Å². The molecule has 3 fully saturated rings. The monoisotopic (exact) mass is 1610 g/mol. The lowest BCUT2D eigenvalue weighted by Gasteiger charge is -2.36. The molecule has 11 amide bonds. The van der Waals surface area contributed by atoms with Crippen LogP contribution in [0.15, 0.2) is 48.8 Å². The lowest BCUT2D eigenvalue weighted by Crippen LogP contribution is -2.60. The number of carbonyl (C=O) groups excluding carboxylic acids is 11. The standard InChI is InChI=1S/C75H119N17O18S2/c1-3-5-15-56(83-64(94)20-19-63(93)81-24-11-34-108-36-38-110-39-37-109-35-12-25-82-65(95)46-89-30-32-90(33-31-89)72(103)54(44-78-26-22-76)45-79-27-23-77)68(99)87-59-49-111-47-52-40-53(43-80-42-52)48-112-50-60(75(106)107)88-70(101)58(41-51-13-7-6-8-14-51)86-69(100)57(18-21-66(96)97)85-67(98)55(4-2)84-71(102)61-16-9-28-91(61)74(105)62-17-10-29-92(62)73(59)104/h6-8,13-14,40,42-43,54-62,78-79H,3-5,9-12,15-39,41,44-50,76-77H2,1-2H3,(H,81,93)(H,82,95)(H,83,94)(H,84,102)(H,85,98)(H,86,100)(H,87,99)(H,88,101)(H,96,97)(H,106,107)/t55-,56-,57-,58-,59-,60-,61-,62-/m0/s1. The number of hydrogen-bond acceptors (Lipinski definition) is 24. The van der Waals surface area contributed by atoms with E-state index in [2.05, 4.69) is 58.2 Å². The van der Waals surface area contributed by atoms with Crippen LogP contribution in [0.3, 0.4) is 0 Å². The number of aromatic nitrogens is 1. The predicted octanol–water partition coefficient (Wildman–Crippen LogP) is -2.06. The number of amides is 11. The summed E-state index contributed by atoms with van der Waals surface area (Å²) in [5.41, 5.74) is 13.2. The van der Waals surface area contributed by atoms with Gasteiger partial charge in [-0.2, -0.15) is 23.5 Å². The Morgan fingerprint density at radius 1 is 0.616 bits per heavy atom. The summed E-state index contributed by atoms with van der Waals surface area (Å²) in [5, 5.41) is 48.3. The van der Waals surface area contributed by atoms with E-state index in [1.165, 1.54) is 33.3 Å². The molecular formula is C75H119N17O18S2. The number of rotatable bonds is 41. The van der Waals surface area contributed by atoms with Crippen LogP contribution < -0.4 is 64.6 Å². The molecule has 112 heavy (non-hydrogen) atoms. The number of aliphatic carboxylic acids is 2. The Morgan fingerprint density at radius 2 is 1.18 bits per heavy atom. The van der Waals surface area contributed by atoms with Crippen molar-refractivity contribution in [2.75, 3.05) is 149 Å². The lowest BCUT2D eigenvalue weighted by atomic mass is 10.0. The molecule has 8 atom stereocenters. The number of nitrogens with zero attached hydrogens (tertiary/aromatic N) is 5. The molecule has 0 saturated carbocycles. The van der Waals surface area contributed by atoms with Gasteiger partial charge in [0, 0.05) is 166 Å². The van der Waals surface area contributed by atoms with E-state index in [0.29, 0.717) is 167 Å². The van der Waals surface area contributed by atoms with Gasteiger partial charge in [0.05, 0.1) is 38.9 Å². The number of carboxylic acid groups (broad SMARTS) is 2. The summed E-state index contributed by atoms with van der Waals surface area (Å²) in [4.78, 5) is 189. The Hall–Kier alpha value is -8.14. The number of pyridine rings is 1. The fourth-order valence-electron chi connectivity index (χ4n) is 13.2. The van der Waals surface area contributed by atoms with Gasteiger partial charge >= 0.3 is 11.9 Å². The number of piperazine rings is 1. The Labute approximate surface area is 664 Å². The van der Waals surface area contributed by atoms with E-state index in [9.17, 15) is 67.7 Å². The molecule has 37 heteroatoms. The molecule has 16 N–H and O–H groups in total. The van der Waals surface area contributed by atoms with E-state index < -0.39 is 120 Å². The predicted molar refractivity (Wildman–Crippen MR) is 419 cm³/mol. The summed E-state index contributed by atoms with van der Waals surface area (Å²) in [7, 11) is 0. The molecule has 0 aliphatic carbocycles. The molecule has 1 aromatic heterocycles. The minimum Gasteiger partial charge on any atom is -0.481 e. The molecule has 624 valence electrons. The van der Waals surface area contributed by atoms with Crippen LogP contribution in [0.4, 0.5) is 0 Å². The molecule has 35 nitrogen and oxygen atoms in total. The van der Waals surface area contributed by atoms with E-state index in [-0.39, 0.29) is 118 Å². The van der Waals surface area contributed by atoms with Gasteiger partial charge in [-0.05, 0) is 74.5 Å². The minimum atomic E-state index is -1.55.